The van der Waals surface area contributed by atoms with E-state index in [0.717, 1.165) is 32.7 Å². The molecule has 0 aliphatic heterocycles. The van der Waals surface area contributed by atoms with E-state index in [4.69, 9.17) is 9.60 Å². The van der Waals surface area contributed by atoms with Crippen LogP contribution in [-0.4, -0.2) is 4.57 Å². The first-order valence-corrected chi connectivity index (χ1v) is 21.8. The van der Waals surface area contributed by atoms with Crippen LogP contribution in [-0.2, 0) is 0 Å². The smallest absolute Gasteiger partial charge is 0.0645 e. The van der Waals surface area contributed by atoms with E-state index >= 15 is 0 Å². The molecule has 2 heteroatoms. The Balaban J connectivity index is 1.06. The molecular formula is C66H46N2. The molecule has 0 atom stereocenters. The fourth-order valence-corrected chi connectivity index (χ4v) is 8.47. The van der Waals surface area contributed by atoms with Gasteiger partial charge in [0, 0.05) is 33.5 Å². The summed E-state index contributed by atoms with van der Waals surface area (Å²) in [7, 11) is 0. The molecule has 0 bridgehead atoms. The molecule has 0 amide bonds. The summed E-state index contributed by atoms with van der Waals surface area (Å²) in [5.74, 6) is 0. The summed E-state index contributed by atoms with van der Waals surface area (Å²) in [6, 6.07) is 36.0. The summed E-state index contributed by atoms with van der Waals surface area (Å²) in [5, 5.41) is 1.19. The second-order valence-electron chi connectivity index (χ2n) is 15.8. The Hall–Kier alpha value is -8.98. The second-order valence-corrected chi connectivity index (χ2v) is 15.8. The van der Waals surface area contributed by atoms with Crippen molar-refractivity contribution in [3.05, 3.63) is 279 Å². The standard InChI is InChI=1S/C66H46N2/c1-4-14-47(15-5-1)49-24-26-50(27-25-49)52-28-37-57(38-29-52)67(59-43-34-55(35-44-59)62-21-11-10-20-61(62)54-18-8-3-9-19-54)58-39-32-53(33-40-58)56-36-45-66-64(46-56)63-22-12-13-23-65(63)68(66)60-41-30-51(31-42-60)48-16-6-2-7-17-48/h1-46H/i1D,4D,5D,14D,15D,24D,25D,26D,27D,28D,29D,32D,33D,36D,37D,38D,39D,40D,45D. The van der Waals surface area contributed by atoms with E-state index in [1.807, 2.05) is 138 Å². The molecule has 11 aromatic carbocycles. The predicted molar refractivity (Wildman–Crippen MR) is 288 cm³/mol. The highest BCUT2D eigenvalue weighted by molar-refractivity contribution is 6.10. The minimum Gasteiger partial charge on any atom is -0.311 e. The van der Waals surface area contributed by atoms with Crippen LogP contribution in [0.4, 0.5) is 17.1 Å². The maximum Gasteiger partial charge on any atom is 0.0645 e. The van der Waals surface area contributed by atoms with E-state index in [1.165, 1.54) is 0 Å². The lowest BCUT2D eigenvalue weighted by molar-refractivity contribution is 1.18. The number of benzene rings is 11. The van der Waals surface area contributed by atoms with Crippen LogP contribution < -0.4 is 4.90 Å². The van der Waals surface area contributed by atoms with E-state index in [9.17, 15) is 16.4 Å². The first-order chi connectivity index (χ1) is 41.7. The van der Waals surface area contributed by atoms with E-state index in [1.54, 1.807) is 30.3 Å². The highest BCUT2D eigenvalue weighted by atomic mass is 15.1. The summed E-state index contributed by atoms with van der Waals surface area (Å²) < 4.78 is 177. The monoisotopic (exact) mass is 885 g/mol. The Morgan fingerprint density at radius 1 is 0.279 bits per heavy atom. The van der Waals surface area contributed by atoms with Crippen molar-refractivity contribution in [3.8, 4) is 72.4 Å². The third-order valence-corrected chi connectivity index (χ3v) is 11.8. The number of para-hydroxylation sites is 1. The van der Waals surface area contributed by atoms with Crippen molar-refractivity contribution in [2.75, 3.05) is 4.90 Å². The molecule has 68 heavy (non-hydrogen) atoms. The highest BCUT2D eigenvalue weighted by Crippen LogP contribution is 2.41. The van der Waals surface area contributed by atoms with Gasteiger partial charge in [-0.25, -0.2) is 0 Å². The van der Waals surface area contributed by atoms with Crippen LogP contribution in [0.3, 0.4) is 0 Å². The molecule has 0 spiro atoms. The second kappa shape index (κ2) is 17.8. The quantitative estimate of drug-likeness (QED) is 0.133. The Morgan fingerprint density at radius 2 is 0.721 bits per heavy atom. The molecule has 0 radical (unpaired) electrons. The molecule has 0 aliphatic rings. The maximum absolute atomic E-state index is 9.84. The SMILES string of the molecule is [2H]c1c([2H])c([2H])c(-c2c([2H])c([2H])c(-c3c([2H])c([2H])c(N(c4ccc(-c5ccccc5-c5ccccc5)cc4)c4c([2H])c([2H])c(-c5cc6c7ccccc7n(-c7ccc(-c8ccccc8)cc7)c6c([2H])c5[2H])c([2H])c4[2H])c([2H])c3[2H])c([2H])c2[2H])c([2H])c1[2H]. The summed E-state index contributed by atoms with van der Waals surface area (Å²) in [6.45, 7) is 0. The number of nitrogens with zero attached hydrogens (tertiary/aromatic N) is 2. The van der Waals surface area contributed by atoms with Gasteiger partial charge in [-0.2, -0.15) is 0 Å². The van der Waals surface area contributed by atoms with Gasteiger partial charge >= 0.3 is 0 Å². The zero-order chi connectivity index (χ0) is 61.8. The number of hydrogen-bond acceptors (Lipinski definition) is 1. The first kappa shape index (κ1) is 25.1. The van der Waals surface area contributed by atoms with E-state index < -0.39 is 142 Å². The van der Waals surface area contributed by atoms with Gasteiger partial charge in [-0.15, -0.1) is 0 Å². The number of hydrogen-bond donors (Lipinski definition) is 0. The number of aromatic nitrogens is 1. The lowest BCUT2D eigenvalue weighted by Gasteiger charge is -2.26. The van der Waals surface area contributed by atoms with Gasteiger partial charge in [0.15, 0.2) is 0 Å². The molecule has 320 valence electrons. The van der Waals surface area contributed by atoms with Crippen molar-refractivity contribution in [1.29, 1.82) is 0 Å². The number of anilines is 3. The van der Waals surface area contributed by atoms with Gasteiger partial charge in [0.1, 0.15) is 0 Å². The van der Waals surface area contributed by atoms with E-state index in [0.29, 0.717) is 33.1 Å². The van der Waals surface area contributed by atoms with Gasteiger partial charge in [0.2, 0.25) is 0 Å². The number of rotatable bonds is 10. The molecular weight excluding hydrogens is 821 g/mol. The molecule has 2 nitrogen and oxygen atoms in total. The van der Waals surface area contributed by atoms with Crippen molar-refractivity contribution in [3.63, 3.8) is 0 Å². The van der Waals surface area contributed by atoms with E-state index in [2.05, 4.69) is 0 Å². The minimum atomic E-state index is -0.908. The zero-order valence-corrected chi connectivity index (χ0v) is 36.0. The van der Waals surface area contributed by atoms with Gasteiger partial charge in [-0.05, 0) is 133 Å². The Bertz CT molecular complexity index is 4720. The van der Waals surface area contributed by atoms with Crippen molar-refractivity contribution in [2.24, 2.45) is 0 Å². The van der Waals surface area contributed by atoms with Crippen molar-refractivity contribution in [2.45, 2.75) is 0 Å². The molecule has 0 saturated heterocycles. The van der Waals surface area contributed by atoms with Crippen LogP contribution >= 0.6 is 0 Å². The normalized spacial score (nSPS) is 15.1. The molecule has 0 fully saturated rings. The minimum absolute atomic E-state index is 0.0471. The fraction of sp³-hybridized carbons (Fsp3) is 0. The molecule has 0 saturated carbocycles. The zero-order valence-electron chi connectivity index (χ0n) is 55.0. The summed E-state index contributed by atoms with van der Waals surface area (Å²) in [6.07, 6.45) is 0. The van der Waals surface area contributed by atoms with Crippen LogP contribution in [0, 0.1) is 0 Å². The van der Waals surface area contributed by atoms with Gasteiger partial charge in [-0.3, -0.25) is 0 Å². The van der Waals surface area contributed by atoms with Gasteiger partial charge < -0.3 is 9.47 Å². The molecule has 0 aliphatic carbocycles. The van der Waals surface area contributed by atoms with Crippen LogP contribution in [0.25, 0.3) is 94.3 Å². The molecule has 1 aromatic heterocycles. The number of fused-ring (bicyclic) bond motifs is 3. The highest BCUT2D eigenvalue weighted by Gasteiger charge is 2.17. The van der Waals surface area contributed by atoms with Gasteiger partial charge in [0.05, 0.1) is 37.1 Å². The fourth-order valence-electron chi connectivity index (χ4n) is 8.47. The Morgan fingerprint density at radius 3 is 1.32 bits per heavy atom. The van der Waals surface area contributed by atoms with Crippen LogP contribution in [0.15, 0.2) is 279 Å². The predicted octanol–water partition coefficient (Wildman–Crippen LogP) is 18.3. The summed E-state index contributed by atoms with van der Waals surface area (Å²) in [5.41, 5.74) is 2.91. The Labute approximate surface area is 424 Å². The lowest BCUT2D eigenvalue weighted by Crippen LogP contribution is -2.09. The van der Waals surface area contributed by atoms with Gasteiger partial charge in [-0.1, -0.05) is 212 Å². The summed E-state index contributed by atoms with van der Waals surface area (Å²) >= 11 is 0. The third kappa shape index (κ3) is 7.74. The lowest BCUT2D eigenvalue weighted by atomic mass is 9.94. The van der Waals surface area contributed by atoms with Crippen LogP contribution in [0.1, 0.15) is 26.0 Å². The van der Waals surface area contributed by atoms with E-state index in [-0.39, 0.29) is 22.9 Å². The molecule has 0 unspecified atom stereocenters. The summed E-state index contributed by atoms with van der Waals surface area (Å²) in [4.78, 5) is 1.07. The Kier molecular flexibility index (Phi) is 6.55. The average Bonchev–Trinajstić information content (AvgIpc) is 2.06. The topological polar surface area (TPSA) is 8.17 Å². The van der Waals surface area contributed by atoms with Crippen molar-refractivity contribution in [1.82, 2.24) is 4.57 Å². The van der Waals surface area contributed by atoms with Crippen LogP contribution in [0.5, 0.6) is 0 Å². The van der Waals surface area contributed by atoms with Gasteiger partial charge in [0.25, 0.3) is 0 Å². The third-order valence-electron chi connectivity index (χ3n) is 11.8. The molecule has 1 heterocycles. The molecule has 12 aromatic rings. The largest absolute Gasteiger partial charge is 0.311 e. The van der Waals surface area contributed by atoms with Crippen molar-refractivity contribution < 1.29 is 26.0 Å². The average molecular weight is 886 g/mol. The molecule has 0 N–H and O–H groups in total. The van der Waals surface area contributed by atoms with Crippen LogP contribution in [0.2, 0.25) is 0 Å². The molecule has 12 rings (SSSR count). The first-order valence-electron chi connectivity index (χ1n) is 31.3. The maximum atomic E-state index is 9.84. The van der Waals surface area contributed by atoms with Crippen molar-refractivity contribution >= 4 is 38.9 Å².